The van der Waals surface area contributed by atoms with Gasteiger partial charge in [-0.15, -0.1) is 0 Å². The van der Waals surface area contributed by atoms with Gasteiger partial charge in [0.2, 0.25) is 5.91 Å². The zero-order valence-corrected chi connectivity index (χ0v) is 13.6. The highest BCUT2D eigenvalue weighted by molar-refractivity contribution is 5.80. The number of likely N-dealkylation sites (tertiary alicyclic amines) is 1. The van der Waals surface area contributed by atoms with Gasteiger partial charge in [-0.25, -0.2) is 0 Å². The van der Waals surface area contributed by atoms with Gasteiger partial charge in [-0.05, 0) is 17.4 Å². The molecule has 2 N–H and O–H groups in total. The monoisotopic (exact) mass is 301 g/mol. The lowest BCUT2D eigenvalue weighted by Gasteiger charge is -2.42. The van der Waals surface area contributed by atoms with Crippen molar-refractivity contribution < 1.29 is 4.79 Å². The van der Waals surface area contributed by atoms with Crippen molar-refractivity contribution in [2.45, 2.75) is 26.4 Å². The van der Waals surface area contributed by atoms with Gasteiger partial charge in [0, 0.05) is 38.8 Å². The Hall–Kier alpha value is -1.39. The van der Waals surface area contributed by atoms with Crippen LogP contribution in [0, 0.1) is 17.8 Å². The molecule has 22 heavy (non-hydrogen) atoms. The molecule has 4 heteroatoms. The first-order valence-electron chi connectivity index (χ1n) is 8.41. The summed E-state index contributed by atoms with van der Waals surface area (Å²) >= 11 is 0. The standard InChI is InChI=1S/C18H27N3O/c1-13-10-21(12-15-6-4-3-5-7-15)11-14(2)17(13)20-18(22)16-8-19-9-16/h3-7,13-14,16-17,19H,8-12H2,1-2H3,(H,20,22). The second-order valence-electron chi connectivity index (χ2n) is 7.02. The molecular weight excluding hydrogens is 274 g/mol. The van der Waals surface area contributed by atoms with Crippen LogP contribution in [-0.2, 0) is 11.3 Å². The van der Waals surface area contributed by atoms with Crippen LogP contribution in [0.3, 0.4) is 0 Å². The number of nitrogens with zero attached hydrogens (tertiary/aromatic N) is 1. The van der Waals surface area contributed by atoms with Crippen molar-refractivity contribution in [3.8, 4) is 0 Å². The highest BCUT2D eigenvalue weighted by atomic mass is 16.2. The van der Waals surface area contributed by atoms with E-state index in [9.17, 15) is 4.79 Å². The van der Waals surface area contributed by atoms with E-state index in [1.54, 1.807) is 0 Å². The summed E-state index contributed by atoms with van der Waals surface area (Å²) in [5.74, 6) is 1.40. The molecule has 4 nitrogen and oxygen atoms in total. The number of nitrogens with one attached hydrogen (secondary N) is 2. The molecule has 0 radical (unpaired) electrons. The van der Waals surface area contributed by atoms with E-state index in [1.165, 1.54) is 5.56 Å². The summed E-state index contributed by atoms with van der Waals surface area (Å²) in [5, 5.41) is 6.47. The number of benzene rings is 1. The van der Waals surface area contributed by atoms with E-state index in [4.69, 9.17) is 0 Å². The van der Waals surface area contributed by atoms with E-state index >= 15 is 0 Å². The molecule has 0 aromatic heterocycles. The molecule has 1 aromatic rings. The summed E-state index contributed by atoms with van der Waals surface area (Å²) < 4.78 is 0. The zero-order valence-electron chi connectivity index (χ0n) is 13.6. The Kier molecular flexibility index (Phi) is 4.79. The van der Waals surface area contributed by atoms with Crippen molar-refractivity contribution in [1.82, 2.24) is 15.5 Å². The average molecular weight is 301 g/mol. The molecule has 0 aliphatic carbocycles. The van der Waals surface area contributed by atoms with E-state index in [0.29, 0.717) is 17.9 Å². The van der Waals surface area contributed by atoms with Crippen molar-refractivity contribution in [2.24, 2.45) is 17.8 Å². The predicted molar refractivity (Wildman–Crippen MR) is 88.3 cm³/mol. The quantitative estimate of drug-likeness (QED) is 0.885. The number of hydrogen-bond donors (Lipinski definition) is 2. The van der Waals surface area contributed by atoms with E-state index in [-0.39, 0.29) is 11.8 Å². The van der Waals surface area contributed by atoms with Gasteiger partial charge in [0.25, 0.3) is 0 Å². The summed E-state index contributed by atoms with van der Waals surface area (Å²) in [5.41, 5.74) is 1.37. The van der Waals surface area contributed by atoms with Gasteiger partial charge >= 0.3 is 0 Å². The number of carbonyl (C=O) groups excluding carboxylic acids is 1. The maximum Gasteiger partial charge on any atom is 0.225 e. The van der Waals surface area contributed by atoms with Crippen LogP contribution in [0.5, 0.6) is 0 Å². The first-order valence-corrected chi connectivity index (χ1v) is 8.41. The number of hydrogen-bond acceptors (Lipinski definition) is 3. The van der Waals surface area contributed by atoms with Crippen LogP contribution in [0.15, 0.2) is 30.3 Å². The first kappa shape index (κ1) is 15.5. The lowest BCUT2D eigenvalue weighted by molar-refractivity contribution is -0.128. The van der Waals surface area contributed by atoms with Crippen LogP contribution in [0.1, 0.15) is 19.4 Å². The molecule has 0 bridgehead atoms. The maximum atomic E-state index is 12.2. The van der Waals surface area contributed by atoms with Gasteiger partial charge in [-0.2, -0.15) is 0 Å². The van der Waals surface area contributed by atoms with E-state index in [2.05, 4.69) is 59.7 Å². The summed E-state index contributed by atoms with van der Waals surface area (Å²) in [7, 11) is 0. The van der Waals surface area contributed by atoms with Gasteiger partial charge < -0.3 is 10.6 Å². The first-order chi connectivity index (χ1) is 10.6. The fourth-order valence-electron chi connectivity index (χ4n) is 3.69. The zero-order chi connectivity index (χ0) is 15.5. The minimum Gasteiger partial charge on any atom is -0.352 e. The summed E-state index contributed by atoms with van der Waals surface area (Å²) in [4.78, 5) is 14.7. The molecule has 2 unspecified atom stereocenters. The maximum absolute atomic E-state index is 12.2. The van der Waals surface area contributed by atoms with Gasteiger partial charge in [0.05, 0.1) is 5.92 Å². The molecule has 2 aliphatic heterocycles. The Balaban J connectivity index is 1.55. The minimum atomic E-state index is 0.182. The van der Waals surface area contributed by atoms with Crippen LogP contribution >= 0.6 is 0 Å². The largest absolute Gasteiger partial charge is 0.352 e. The number of amides is 1. The second kappa shape index (κ2) is 6.80. The van der Waals surface area contributed by atoms with Crippen molar-refractivity contribution in [3.05, 3.63) is 35.9 Å². The van der Waals surface area contributed by atoms with Crippen LogP contribution in [0.2, 0.25) is 0 Å². The Morgan fingerprint density at radius 3 is 2.36 bits per heavy atom. The molecule has 2 atom stereocenters. The van der Waals surface area contributed by atoms with Crippen LogP contribution in [0.4, 0.5) is 0 Å². The molecule has 3 rings (SSSR count). The summed E-state index contributed by atoms with van der Waals surface area (Å²) in [6.07, 6.45) is 0. The van der Waals surface area contributed by atoms with Crippen LogP contribution in [0.25, 0.3) is 0 Å². The summed E-state index contributed by atoms with van der Waals surface area (Å²) in [6, 6.07) is 10.9. The highest BCUT2D eigenvalue weighted by Gasteiger charge is 2.35. The predicted octanol–water partition coefficient (Wildman–Crippen LogP) is 1.48. The molecular formula is C18H27N3O. The average Bonchev–Trinajstić information content (AvgIpc) is 2.42. The third-order valence-corrected chi connectivity index (χ3v) is 5.03. The van der Waals surface area contributed by atoms with E-state index in [0.717, 1.165) is 32.7 Å². The fraction of sp³-hybridized carbons (Fsp3) is 0.611. The van der Waals surface area contributed by atoms with Crippen LogP contribution in [-0.4, -0.2) is 43.0 Å². The molecule has 2 heterocycles. The molecule has 1 amide bonds. The number of piperidine rings is 1. The fourth-order valence-corrected chi connectivity index (χ4v) is 3.69. The summed E-state index contributed by atoms with van der Waals surface area (Å²) in [6.45, 7) is 9.29. The Morgan fingerprint density at radius 1 is 1.18 bits per heavy atom. The minimum absolute atomic E-state index is 0.182. The molecule has 2 aliphatic rings. The molecule has 120 valence electrons. The SMILES string of the molecule is CC1CN(Cc2ccccc2)CC(C)C1NC(=O)C1CNC1. The third kappa shape index (κ3) is 3.50. The molecule has 0 saturated carbocycles. The topological polar surface area (TPSA) is 44.4 Å². The van der Waals surface area contributed by atoms with Crippen molar-refractivity contribution >= 4 is 5.91 Å². The molecule has 2 fully saturated rings. The normalized spacial score (nSPS) is 29.8. The Morgan fingerprint density at radius 2 is 1.82 bits per heavy atom. The smallest absolute Gasteiger partial charge is 0.225 e. The second-order valence-corrected chi connectivity index (χ2v) is 7.02. The van der Waals surface area contributed by atoms with E-state index < -0.39 is 0 Å². The Labute approximate surface area is 133 Å². The Bertz CT molecular complexity index is 488. The van der Waals surface area contributed by atoms with Gasteiger partial charge in [-0.1, -0.05) is 44.2 Å². The van der Waals surface area contributed by atoms with Gasteiger partial charge in [-0.3, -0.25) is 9.69 Å². The van der Waals surface area contributed by atoms with Gasteiger partial charge in [0.1, 0.15) is 0 Å². The third-order valence-electron chi connectivity index (χ3n) is 5.03. The van der Waals surface area contributed by atoms with E-state index in [1.807, 2.05) is 0 Å². The van der Waals surface area contributed by atoms with Crippen LogP contribution < -0.4 is 10.6 Å². The van der Waals surface area contributed by atoms with Crippen molar-refractivity contribution in [1.29, 1.82) is 0 Å². The molecule has 2 saturated heterocycles. The number of rotatable bonds is 4. The van der Waals surface area contributed by atoms with Crippen molar-refractivity contribution in [2.75, 3.05) is 26.2 Å². The molecule has 0 spiro atoms. The highest BCUT2D eigenvalue weighted by Crippen LogP contribution is 2.24. The molecule has 1 aromatic carbocycles. The number of carbonyl (C=O) groups is 1. The lowest BCUT2D eigenvalue weighted by atomic mass is 9.85. The van der Waals surface area contributed by atoms with Crippen molar-refractivity contribution in [3.63, 3.8) is 0 Å². The lowest BCUT2D eigenvalue weighted by Crippen LogP contribution is -2.59. The van der Waals surface area contributed by atoms with Gasteiger partial charge in [0.15, 0.2) is 0 Å².